The maximum Gasteiger partial charge on any atom is 0.326 e. The van der Waals surface area contributed by atoms with Gasteiger partial charge in [-0.2, -0.15) is 0 Å². The van der Waals surface area contributed by atoms with Crippen molar-refractivity contribution < 1.29 is 14.7 Å². The van der Waals surface area contributed by atoms with Crippen LogP contribution in [-0.4, -0.2) is 28.8 Å². The van der Waals surface area contributed by atoms with E-state index in [2.05, 4.69) is 5.32 Å². The van der Waals surface area contributed by atoms with Gasteiger partial charge in [0.25, 0.3) is 0 Å². The smallest absolute Gasteiger partial charge is 0.326 e. The van der Waals surface area contributed by atoms with Crippen LogP contribution in [0.4, 0.5) is 0 Å². The van der Waals surface area contributed by atoms with Gasteiger partial charge in [-0.1, -0.05) is 0 Å². The molecule has 102 valence electrons. The fraction of sp³-hybridized carbons (Fsp3) is 0.538. The average Bonchev–Trinajstić information content (AvgIpc) is 3.11. The number of aliphatic carboxylic acids is 1. The Balaban J connectivity index is 1.73. The van der Waals surface area contributed by atoms with E-state index in [0.717, 1.165) is 30.6 Å². The van der Waals surface area contributed by atoms with Gasteiger partial charge in [-0.3, -0.25) is 4.79 Å². The zero-order valence-corrected chi connectivity index (χ0v) is 11.9. The molecule has 2 atom stereocenters. The Morgan fingerprint density at radius 2 is 2.21 bits per heavy atom. The van der Waals surface area contributed by atoms with E-state index in [0.29, 0.717) is 0 Å². The first-order valence-corrected chi connectivity index (χ1v) is 8.30. The minimum absolute atomic E-state index is 0.122. The Hall–Kier alpha value is -1.01. The fourth-order valence-electron chi connectivity index (χ4n) is 2.40. The minimum Gasteiger partial charge on any atom is -0.480 e. The zero-order chi connectivity index (χ0) is 13.4. The Bertz CT molecular complexity index is 510. The first kappa shape index (κ1) is 13.0. The summed E-state index contributed by atoms with van der Waals surface area (Å²) in [5, 5.41) is 13.7. The Labute approximate surface area is 119 Å². The summed E-state index contributed by atoms with van der Waals surface area (Å²) in [5.41, 5.74) is 1.07. The highest BCUT2D eigenvalue weighted by atomic mass is 32.2. The molecule has 0 spiro atoms. The van der Waals surface area contributed by atoms with Crippen LogP contribution >= 0.6 is 23.1 Å². The number of thiophene rings is 1. The van der Waals surface area contributed by atoms with Gasteiger partial charge < -0.3 is 10.4 Å². The summed E-state index contributed by atoms with van der Waals surface area (Å²) in [7, 11) is 0. The predicted octanol–water partition coefficient (Wildman–Crippen LogP) is 2.06. The molecule has 2 N–H and O–H groups in total. The van der Waals surface area contributed by atoms with Crippen molar-refractivity contribution in [2.24, 2.45) is 5.92 Å². The SMILES string of the molecule is O=C(NC(C(=O)O)C1CC1)C1SCCc2sccc21. The summed E-state index contributed by atoms with van der Waals surface area (Å²) in [6.45, 7) is 0. The Kier molecular flexibility index (Phi) is 3.54. The lowest BCUT2D eigenvalue weighted by molar-refractivity contribution is -0.142. The maximum atomic E-state index is 12.3. The Morgan fingerprint density at radius 1 is 1.42 bits per heavy atom. The van der Waals surface area contributed by atoms with E-state index >= 15 is 0 Å². The quantitative estimate of drug-likeness (QED) is 0.893. The number of carboxylic acid groups (broad SMARTS) is 1. The normalized spacial score (nSPS) is 23.5. The van der Waals surface area contributed by atoms with Gasteiger partial charge >= 0.3 is 5.97 Å². The molecule has 3 rings (SSSR count). The fourth-order valence-corrected chi connectivity index (χ4v) is 4.71. The van der Waals surface area contributed by atoms with Gasteiger partial charge in [-0.05, 0) is 47.9 Å². The highest BCUT2D eigenvalue weighted by Gasteiger charge is 2.39. The van der Waals surface area contributed by atoms with Crippen LogP contribution in [0.1, 0.15) is 28.5 Å². The molecule has 1 aromatic rings. The van der Waals surface area contributed by atoms with Crippen molar-refractivity contribution in [3.63, 3.8) is 0 Å². The second-order valence-corrected chi connectivity index (χ2v) is 7.18. The number of carbonyl (C=O) groups is 2. The number of amides is 1. The molecular formula is C13H15NO3S2. The topological polar surface area (TPSA) is 66.4 Å². The van der Waals surface area contributed by atoms with Gasteiger partial charge in [0, 0.05) is 4.88 Å². The number of thioether (sulfide) groups is 1. The second kappa shape index (κ2) is 5.17. The molecule has 2 unspecified atom stereocenters. The first-order valence-electron chi connectivity index (χ1n) is 6.38. The molecule has 1 amide bonds. The number of aryl methyl sites for hydroxylation is 1. The molecule has 1 aromatic heterocycles. The molecule has 1 aliphatic carbocycles. The molecule has 1 aliphatic heterocycles. The Morgan fingerprint density at radius 3 is 2.89 bits per heavy atom. The molecule has 4 nitrogen and oxygen atoms in total. The van der Waals surface area contributed by atoms with Crippen molar-refractivity contribution >= 4 is 35.0 Å². The lowest BCUT2D eigenvalue weighted by atomic mass is 10.1. The van der Waals surface area contributed by atoms with E-state index in [-0.39, 0.29) is 17.1 Å². The number of fused-ring (bicyclic) bond motifs is 1. The first-order chi connectivity index (χ1) is 9.16. The average molecular weight is 297 g/mol. The van der Waals surface area contributed by atoms with Crippen molar-refractivity contribution in [3.05, 3.63) is 21.9 Å². The molecule has 1 saturated carbocycles. The van der Waals surface area contributed by atoms with Gasteiger partial charge in [0.1, 0.15) is 11.3 Å². The van der Waals surface area contributed by atoms with Crippen molar-refractivity contribution in [2.75, 3.05) is 5.75 Å². The summed E-state index contributed by atoms with van der Waals surface area (Å²) >= 11 is 3.29. The second-order valence-electron chi connectivity index (χ2n) is 4.96. The zero-order valence-electron chi connectivity index (χ0n) is 10.3. The van der Waals surface area contributed by atoms with Gasteiger partial charge in [-0.15, -0.1) is 23.1 Å². The molecule has 0 saturated heterocycles. The third kappa shape index (κ3) is 2.65. The summed E-state index contributed by atoms with van der Waals surface area (Å²) in [4.78, 5) is 24.8. The summed E-state index contributed by atoms with van der Waals surface area (Å²) < 4.78 is 0. The molecule has 2 heterocycles. The summed E-state index contributed by atoms with van der Waals surface area (Å²) in [6, 6.07) is 1.28. The van der Waals surface area contributed by atoms with Crippen LogP contribution in [0.3, 0.4) is 0 Å². The van der Waals surface area contributed by atoms with Crippen LogP contribution in [0.5, 0.6) is 0 Å². The number of hydrogen-bond donors (Lipinski definition) is 2. The van der Waals surface area contributed by atoms with Crippen LogP contribution in [0.25, 0.3) is 0 Å². The van der Waals surface area contributed by atoms with Crippen LogP contribution < -0.4 is 5.32 Å². The van der Waals surface area contributed by atoms with Crippen LogP contribution in [0.2, 0.25) is 0 Å². The number of carbonyl (C=O) groups excluding carboxylic acids is 1. The van der Waals surface area contributed by atoms with Crippen molar-refractivity contribution in [1.82, 2.24) is 5.32 Å². The van der Waals surface area contributed by atoms with E-state index in [1.165, 1.54) is 4.88 Å². The molecule has 1 fully saturated rings. The van der Waals surface area contributed by atoms with Gasteiger partial charge in [0.15, 0.2) is 0 Å². The summed E-state index contributed by atoms with van der Waals surface area (Å²) in [5.74, 6) is -0.0184. The number of rotatable bonds is 4. The number of carboxylic acids is 1. The van der Waals surface area contributed by atoms with Crippen LogP contribution in [0.15, 0.2) is 11.4 Å². The highest BCUT2D eigenvalue weighted by molar-refractivity contribution is 8.00. The predicted molar refractivity (Wildman–Crippen MR) is 75.5 cm³/mol. The molecule has 0 aromatic carbocycles. The maximum absolute atomic E-state index is 12.3. The summed E-state index contributed by atoms with van der Waals surface area (Å²) in [6.07, 6.45) is 2.81. The molecule has 0 radical (unpaired) electrons. The minimum atomic E-state index is -0.915. The van der Waals surface area contributed by atoms with E-state index in [1.54, 1.807) is 23.1 Å². The number of hydrogen-bond acceptors (Lipinski definition) is 4. The van der Waals surface area contributed by atoms with Gasteiger partial charge in [0.05, 0.1) is 0 Å². The van der Waals surface area contributed by atoms with Crippen LogP contribution in [-0.2, 0) is 16.0 Å². The lowest BCUT2D eigenvalue weighted by Crippen LogP contribution is -2.44. The lowest BCUT2D eigenvalue weighted by Gasteiger charge is -2.23. The highest BCUT2D eigenvalue weighted by Crippen LogP contribution is 2.40. The molecular weight excluding hydrogens is 282 g/mol. The molecule has 0 bridgehead atoms. The third-order valence-electron chi connectivity index (χ3n) is 3.57. The third-order valence-corrected chi connectivity index (χ3v) is 5.81. The molecule has 19 heavy (non-hydrogen) atoms. The van der Waals surface area contributed by atoms with E-state index < -0.39 is 12.0 Å². The van der Waals surface area contributed by atoms with Crippen LogP contribution in [0, 0.1) is 5.92 Å². The van der Waals surface area contributed by atoms with Crippen molar-refractivity contribution in [2.45, 2.75) is 30.6 Å². The van der Waals surface area contributed by atoms with Crippen molar-refractivity contribution in [3.8, 4) is 0 Å². The standard InChI is InChI=1S/C13H15NO3S2/c15-12(14-10(13(16)17)7-1-2-7)11-8-3-5-18-9(8)4-6-19-11/h3,5,7,10-11H,1-2,4,6H2,(H,14,15)(H,16,17). The van der Waals surface area contributed by atoms with Gasteiger partial charge in [-0.25, -0.2) is 4.79 Å². The van der Waals surface area contributed by atoms with Gasteiger partial charge in [0.2, 0.25) is 5.91 Å². The molecule has 2 aliphatic rings. The van der Waals surface area contributed by atoms with Crippen molar-refractivity contribution in [1.29, 1.82) is 0 Å². The van der Waals surface area contributed by atoms with E-state index in [1.807, 2.05) is 11.4 Å². The monoisotopic (exact) mass is 297 g/mol. The van der Waals surface area contributed by atoms with E-state index in [4.69, 9.17) is 5.11 Å². The number of nitrogens with one attached hydrogen (secondary N) is 1. The largest absolute Gasteiger partial charge is 0.480 e. The molecule has 6 heteroatoms. The van der Waals surface area contributed by atoms with E-state index in [9.17, 15) is 9.59 Å².